The highest BCUT2D eigenvalue weighted by Crippen LogP contribution is 2.09. The predicted molar refractivity (Wildman–Crippen MR) is 96.6 cm³/mol. The quantitative estimate of drug-likeness (QED) is 0.749. The molecule has 0 saturated carbocycles. The van der Waals surface area contributed by atoms with Crippen LogP contribution in [0.1, 0.15) is 21.6 Å². The van der Waals surface area contributed by atoms with Gasteiger partial charge in [0.05, 0.1) is 6.54 Å². The van der Waals surface area contributed by atoms with Crippen LogP contribution in [-0.2, 0) is 13.1 Å². The summed E-state index contributed by atoms with van der Waals surface area (Å²) in [6, 6.07) is 15.5. The van der Waals surface area contributed by atoms with E-state index in [0.29, 0.717) is 17.1 Å². The van der Waals surface area contributed by atoms with Crippen LogP contribution in [0.15, 0.2) is 65.5 Å². The Morgan fingerprint density at radius 2 is 1.65 bits per heavy atom. The first-order valence-electron chi connectivity index (χ1n) is 7.86. The van der Waals surface area contributed by atoms with Crippen LogP contribution in [0.25, 0.3) is 0 Å². The van der Waals surface area contributed by atoms with E-state index in [0.717, 1.165) is 5.56 Å². The fraction of sp³-hybridized carbons (Fsp3) is 0.105. The maximum atomic E-state index is 13.0. The molecule has 0 aliphatic carbocycles. The van der Waals surface area contributed by atoms with Crippen LogP contribution in [-0.4, -0.2) is 15.7 Å². The van der Waals surface area contributed by atoms with Crippen molar-refractivity contribution in [2.24, 2.45) is 0 Å². The summed E-state index contributed by atoms with van der Waals surface area (Å²) in [5, 5.41) is 7.46. The highest BCUT2D eigenvalue weighted by Gasteiger charge is 2.10. The van der Waals surface area contributed by atoms with Gasteiger partial charge in [0.1, 0.15) is 11.5 Å². The van der Waals surface area contributed by atoms with Gasteiger partial charge in [0, 0.05) is 17.6 Å². The molecule has 1 amide bonds. The number of rotatable bonds is 5. The molecule has 2 aromatic carbocycles. The van der Waals surface area contributed by atoms with E-state index in [-0.39, 0.29) is 23.6 Å². The molecule has 0 atom stereocenters. The number of carbonyl (C=O) groups excluding carboxylic acids is 1. The van der Waals surface area contributed by atoms with Gasteiger partial charge < -0.3 is 5.32 Å². The first-order chi connectivity index (χ1) is 12.5. The average Bonchev–Trinajstić information content (AvgIpc) is 2.64. The molecule has 3 rings (SSSR count). The molecule has 0 spiro atoms. The molecular formula is C19H15ClFN3O2. The summed E-state index contributed by atoms with van der Waals surface area (Å²) in [5.74, 6) is -0.753. The van der Waals surface area contributed by atoms with E-state index in [4.69, 9.17) is 11.6 Å². The molecule has 132 valence electrons. The van der Waals surface area contributed by atoms with Gasteiger partial charge >= 0.3 is 0 Å². The van der Waals surface area contributed by atoms with Crippen molar-refractivity contribution in [3.8, 4) is 0 Å². The Kier molecular flexibility index (Phi) is 5.43. The van der Waals surface area contributed by atoms with Crippen molar-refractivity contribution in [3.63, 3.8) is 0 Å². The Morgan fingerprint density at radius 3 is 2.35 bits per heavy atom. The third-order valence-corrected chi connectivity index (χ3v) is 3.96. The Balaban J connectivity index is 1.71. The van der Waals surface area contributed by atoms with Crippen LogP contribution in [0.2, 0.25) is 5.02 Å². The van der Waals surface area contributed by atoms with Gasteiger partial charge in [-0.3, -0.25) is 9.59 Å². The third kappa shape index (κ3) is 4.55. The maximum Gasteiger partial charge on any atom is 0.271 e. The molecule has 0 saturated heterocycles. The summed E-state index contributed by atoms with van der Waals surface area (Å²) in [6.45, 7) is 0.464. The summed E-state index contributed by atoms with van der Waals surface area (Å²) in [6.07, 6.45) is 0. The molecular weight excluding hydrogens is 357 g/mol. The number of aromatic nitrogens is 2. The summed E-state index contributed by atoms with van der Waals surface area (Å²) < 4.78 is 14.1. The zero-order valence-corrected chi connectivity index (χ0v) is 14.4. The van der Waals surface area contributed by atoms with Gasteiger partial charge in [-0.25, -0.2) is 9.07 Å². The lowest BCUT2D eigenvalue weighted by atomic mass is 10.2. The Hall–Kier alpha value is -2.99. The maximum absolute atomic E-state index is 13.0. The Bertz CT molecular complexity index is 969. The first-order valence-corrected chi connectivity index (χ1v) is 8.24. The van der Waals surface area contributed by atoms with Gasteiger partial charge in [0.2, 0.25) is 0 Å². The van der Waals surface area contributed by atoms with Crippen LogP contribution in [0.3, 0.4) is 0 Å². The van der Waals surface area contributed by atoms with Crippen molar-refractivity contribution in [1.29, 1.82) is 0 Å². The minimum absolute atomic E-state index is 0.126. The smallest absolute Gasteiger partial charge is 0.271 e. The van der Waals surface area contributed by atoms with Gasteiger partial charge in [0.15, 0.2) is 0 Å². The van der Waals surface area contributed by atoms with Gasteiger partial charge in [-0.05, 0) is 41.5 Å². The molecule has 0 unspecified atom stereocenters. The van der Waals surface area contributed by atoms with Crippen molar-refractivity contribution in [1.82, 2.24) is 15.1 Å². The lowest BCUT2D eigenvalue weighted by molar-refractivity contribution is 0.0943. The van der Waals surface area contributed by atoms with Crippen molar-refractivity contribution < 1.29 is 9.18 Å². The van der Waals surface area contributed by atoms with E-state index in [2.05, 4.69) is 10.4 Å². The lowest BCUT2D eigenvalue weighted by Crippen LogP contribution is -2.29. The molecule has 1 heterocycles. The van der Waals surface area contributed by atoms with Gasteiger partial charge in [-0.15, -0.1) is 0 Å². The third-order valence-electron chi connectivity index (χ3n) is 3.71. The second-order valence-electron chi connectivity index (χ2n) is 5.65. The number of hydrogen-bond acceptors (Lipinski definition) is 3. The van der Waals surface area contributed by atoms with Crippen molar-refractivity contribution >= 4 is 17.5 Å². The SMILES string of the molecule is O=C(NCc1ccc(Cl)cc1)c1ccc(=O)n(Cc2ccc(F)cc2)n1. The largest absolute Gasteiger partial charge is 0.347 e. The number of benzene rings is 2. The lowest BCUT2D eigenvalue weighted by Gasteiger charge is -2.08. The second kappa shape index (κ2) is 7.93. The highest BCUT2D eigenvalue weighted by atomic mass is 35.5. The molecule has 0 aliphatic rings. The number of carbonyl (C=O) groups is 1. The topological polar surface area (TPSA) is 64.0 Å². The van der Waals surface area contributed by atoms with Crippen LogP contribution in [0.4, 0.5) is 4.39 Å². The standard InChI is InChI=1S/C19H15ClFN3O2/c20-15-5-1-13(2-6-15)11-22-19(26)17-9-10-18(25)24(23-17)12-14-3-7-16(21)8-4-14/h1-10H,11-12H2,(H,22,26). The summed E-state index contributed by atoms with van der Waals surface area (Å²) in [4.78, 5) is 24.2. The van der Waals surface area contributed by atoms with E-state index >= 15 is 0 Å². The van der Waals surface area contributed by atoms with Crippen LogP contribution >= 0.6 is 11.6 Å². The monoisotopic (exact) mass is 371 g/mol. The van der Waals surface area contributed by atoms with E-state index in [9.17, 15) is 14.0 Å². The molecule has 0 fully saturated rings. The number of nitrogens with one attached hydrogen (secondary N) is 1. The molecule has 0 aliphatic heterocycles. The average molecular weight is 372 g/mol. The molecule has 0 radical (unpaired) electrons. The summed E-state index contributed by atoms with van der Waals surface area (Å²) >= 11 is 5.83. The number of amides is 1. The van der Waals surface area contributed by atoms with Crippen LogP contribution in [0.5, 0.6) is 0 Å². The molecule has 3 aromatic rings. The number of halogens is 2. The van der Waals surface area contributed by atoms with Gasteiger partial charge in [-0.2, -0.15) is 5.10 Å². The zero-order chi connectivity index (χ0) is 18.5. The normalized spacial score (nSPS) is 10.5. The number of hydrogen-bond donors (Lipinski definition) is 1. The second-order valence-corrected chi connectivity index (χ2v) is 6.09. The van der Waals surface area contributed by atoms with Gasteiger partial charge in [0.25, 0.3) is 11.5 Å². The molecule has 5 nitrogen and oxygen atoms in total. The zero-order valence-electron chi connectivity index (χ0n) is 13.7. The van der Waals surface area contributed by atoms with Crippen molar-refractivity contribution in [2.45, 2.75) is 13.1 Å². The van der Waals surface area contributed by atoms with E-state index in [1.54, 1.807) is 24.3 Å². The fourth-order valence-corrected chi connectivity index (χ4v) is 2.45. The molecule has 0 bridgehead atoms. The first kappa shape index (κ1) is 17.8. The van der Waals surface area contributed by atoms with Crippen LogP contribution < -0.4 is 10.9 Å². The van der Waals surface area contributed by atoms with Crippen molar-refractivity contribution in [3.05, 3.63) is 98.7 Å². The van der Waals surface area contributed by atoms with E-state index in [1.807, 2.05) is 12.1 Å². The van der Waals surface area contributed by atoms with Crippen molar-refractivity contribution in [2.75, 3.05) is 0 Å². The van der Waals surface area contributed by atoms with E-state index in [1.165, 1.54) is 28.9 Å². The van der Waals surface area contributed by atoms with Crippen LogP contribution in [0, 0.1) is 5.82 Å². The Labute approximate surface area is 154 Å². The molecule has 7 heteroatoms. The molecule has 26 heavy (non-hydrogen) atoms. The minimum atomic E-state index is -0.396. The minimum Gasteiger partial charge on any atom is -0.347 e. The predicted octanol–water partition coefficient (Wildman–Crippen LogP) is 3.01. The highest BCUT2D eigenvalue weighted by molar-refractivity contribution is 6.30. The summed E-state index contributed by atoms with van der Waals surface area (Å²) in [7, 11) is 0. The fourth-order valence-electron chi connectivity index (χ4n) is 2.32. The Morgan fingerprint density at radius 1 is 1.00 bits per heavy atom. The number of nitrogens with zero attached hydrogens (tertiary/aromatic N) is 2. The van der Waals surface area contributed by atoms with Gasteiger partial charge in [-0.1, -0.05) is 35.9 Å². The van der Waals surface area contributed by atoms with E-state index < -0.39 is 5.91 Å². The summed E-state index contributed by atoms with van der Waals surface area (Å²) in [5.41, 5.74) is 1.38. The molecule has 1 N–H and O–H groups in total. The molecule has 1 aromatic heterocycles.